The van der Waals surface area contributed by atoms with E-state index in [1.54, 1.807) is 12.1 Å². The number of carboxylic acids is 1. The number of halogens is 4. The summed E-state index contributed by atoms with van der Waals surface area (Å²) in [5, 5.41) is 18.5. The summed E-state index contributed by atoms with van der Waals surface area (Å²) in [5.41, 5.74) is -2.36. The third-order valence-electron chi connectivity index (χ3n) is 6.10. The van der Waals surface area contributed by atoms with E-state index in [1.807, 2.05) is 6.07 Å². The summed E-state index contributed by atoms with van der Waals surface area (Å²) in [5.74, 6) is -1.13. The van der Waals surface area contributed by atoms with Crippen LogP contribution in [0.25, 0.3) is 0 Å². The van der Waals surface area contributed by atoms with Gasteiger partial charge in [0.1, 0.15) is 11.9 Å². The van der Waals surface area contributed by atoms with Gasteiger partial charge in [-0.3, -0.25) is 9.10 Å². The predicted molar refractivity (Wildman–Crippen MR) is 118 cm³/mol. The molecule has 1 aliphatic heterocycles. The normalized spacial score (nSPS) is 24.4. The zero-order valence-electron chi connectivity index (χ0n) is 17.4. The summed E-state index contributed by atoms with van der Waals surface area (Å²) < 4.78 is 74.0. The second-order valence-electron chi connectivity index (χ2n) is 8.42. The minimum Gasteiger partial charge on any atom is -0.486 e. The van der Waals surface area contributed by atoms with Crippen LogP contribution in [0.1, 0.15) is 24.8 Å². The first-order valence-electron chi connectivity index (χ1n) is 10.2. The van der Waals surface area contributed by atoms with E-state index in [0.717, 1.165) is 22.5 Å². The van der Waals surface area contributed by atoms with Gasteiger partial charge < -0.3 is 9.84 Å². The van der Waals surface area contributed by atoms with Crippen molar-refractivity contribution in [3.8, 4) is 11.8 Å². The minimum absolute atomic E-state index is 0.117. The van der Waals surface area contributed by atoms with Crippen LogP contribution in [0.15, 0.2) is 51.8 Å². The maximum Gasteiger partial charge on any atom is 0.416 e. The fraction of sp³-hybridized carbons (Fsp3) is 0.364. The Kier molecular flexibility index (Phi) is 6.06. The Bertz CT molecular complexity index is 1290. The van der Waals surface area contributed by atoms with E-state index in [0.29, 0.717) is 17.0 Å². The SMILES string of the molecule is N#CC1(C(=O)O)CC(C[C@H]2CN(S(=O)(=O)c3cccc(C(F)(F)F)c3)c3cc(Br)ccc3O2)C1. The third kappa shape index (κ3) is 4.34. The van der Waals surface area contributed by atoms with Crippen molar-refractivity contribution in [2.24, 2.45) is 11.3 Å². The van der Waals surface area contributed by atoms with Crippen molar-refractivity contribution in [1.29, 1.82) is 5.26 Å². The van der Waals surface area contributed by atoms with Crippen molar-refractivity contribution in [2.45, 2.75) is 36.4 Å². The first-order chi connectivity index (χ1) is 15.9. The number of carbonyl (C=O) groups is 1. The highest BCUT2D eigenvalue weighted by Gasteiger charge is 2.52. The van der Waals surface area contributed by atoms with Gasteiger partial charge in [0.2, 0.25) is 0 Å². The molecule has 34 heavy (non-hydrogen) atoms. The van der Waals surface area contributed by atoms with Gasteiger partial charge >= 0.3 is 12.1 Å². The molecule has 1 N–H and O–H groups in total. The van der Waals surface area contributed by atoms with Gasteiger partial charge in [-0.1, -0.05) is 22.0 Å². The Morgan fingerprint density at radius 3 is 2.59 bits per heavy atom. The van der Waals surface area contributed by atoms with Crippen LogP contribution in [0.3, 0.4) is 0 Å². The molecule has 2 aliphatic rings. The summed E-state index contributed by atoms with van der Waals surface area (Å²) in [6, 6.07) is 10.1. The number of nitrogens with zero attached hydrogens (tertiary/aromatic N) is 2. The maximum absolute atomic E-state index is 13.5. The van der Waals surface area contributed by atoms with E-state index < -0.39 is 44.1 Å². The molecule has 0 radical (unpaired) electrons. The maximum atomic E-state index is 13.5. The molecule has 1 heterocycles. The molecule has 7 nitrogen and oxygen atoms in total. The van der Waals surface area contributed by atoms with Crippen LogP contribution >= 0.6 is 15.9 Å². The average molecular weight is 559 g/mol. The molecule has 1 fully saturated rings. The molecule has 1 saturated carbocycles. The molecule has 4 rings (SSSR count). The Morgan fingerprint density at radius 2 is 1.97 bits per heavy atom. The van der Waals surface area contributed by atoms with Crippen molar-refractivity contribution in [3.05, 3.63) is 52.5 Å². The molecule has 0 amide bonds. The fourth-order valence-corrected chi connectivity index (χ4v) is 6.27. The van der Waals surface area contributed by atoms with Crippen LogP contribution < -0.4 is 9.04 Å². The topological polar surface area (TPSA) is 108 Å². The number of nitriles is 1. The monoisotopic (exact) mass is 558 g/mol. The number of hydrogen-bond donors (Lipinski definition) is 1. The largest absolute Gasteiger partial charge is 0.486 e. The molecule has 0 unspecified atom stereocenters. The number of aliphatic carboxylic acids is 1. The predicted octanol–water partition coefficient (Wildman–Crippen LogP) is 4.82. The molecule has 0 bridgehead atoms. The number of benzene rings is 2. The van der Waals surface area contributed by atoms with Gasteiger partial charge in [-0.15, -0.1) is 0 Å². The second-order valence-corrected chi connectivity index (χ2v) is 11.2. The lowest BCUT2D eigenvalue weighted by Crippen LogP contribution is -2.48. The Labute approximate surface area is 201 Å². The number of rotatable bonds is 5. The summed E-state index contributed by atoms with van der Waals surface area (Å²) in [6.07, 6.45) is -4.86. The van der Waals surface area contributed by atoms with Gasteiger partial charge in [-0.25, -0.2) is 8.42 Å². The van der Waals surface area contributed by atoms with E-state index in [4.69, 9.17) is 4.74 Å². The van der Waals surface area contributed by atoms with Crippen molar-refractivity contribution < 1.29 is 36.2 Å². The molecule has 12 heteroatoms. The summed E-state index contributed by atoms with van der Waals surface area (Å²) in [4.78, 5) is 10.9. The Hall–Kier alpha value is -2.78. The lowest BCUT2D eigenvalue weighted by atomic mass is 9.61. The average Bonchev–Trinajstić information content (AvgIpc) is 2.74. The molecule has 1 atom stereocenters. The smallest absolute Gasteiger partial charge is 0.416 e. The van der Waals surface area contributed by atoms with Gasteiger partial charge in [-0.2, -0.15) is 18.4 Å². The van der Waals surface area contributed by atoms with Crippen molar-refractivity contribution in [1.82, 2.24) is 0 Å². The number of anilines is 1. The van der Waals surface area contributed by atoms with Crippen LogP contribution in [0.4, 0.5) is 18.9 Å². The molecular weight excluding hydrogens is 541 g/mol. The number of carboxylic acid groups (broad SMARTS) is 1. The highest BCUT2D eigenvalue weighted by atomic mass is 79.9. The summed E-state index contributed by atoms with van der Waals surface area (Å²) >= 11 is 3.28. The van der Waals surface area contributed by atoms with Gasteiger partial charge in [0.15, 0.2) is 5.41 Å². The molecular formula is C22H18BrF3N2O5S. The molecule has 2 aromatic rings. The van der Waals surface area contributed by atoms with Crippen LogP contribution in [0, 0.1) is 22.7 Å². The minimum atomic E-state index is -4.71. The van der Waals surface area contributed by atoms with E-state index in [1.165, 1.54) is 6.07 Å². The van der Waals surface area contributed by atoms with E-state index in [9.17, 15) is 36.8 Å². The molecule has 1 aliphatic carbocycles. The van der Waals surface area contributed by atoms with E-state index in [2.05, 4.69) is 15.9 Å². The van der Waals surface area contributed by atoms with Crippen LogP contribution in [-0.2, 0) is 21.0 Å². The molecule has 0 aromatic heterocycles. The molecule has 0 spiro atoms. The highest BCUT2D eigenvalue weighted by molar-refractivity contribution is 9.10. The second kappa shape index (κ2) is 8.46. The molecule has 0 saturated heterocycles. The lowest BCUT2D eigenvalue weighted by Gasteiger charge is -2.42. The Morgan fingerprint density at radius 1 is 1.26 bits per heavy atom. The van der Waals surface area contributed by atoms with E-state index in [-0.39, 0.29) is 36.7 Å². The lowest BCUT2D eigenvalue weighted by molar-refractivity contribution is -0.153. The summed E-state index contributed by atoms with van der Waals surface area (Å²) in [6.45, 7) is -0.175. The molecule has 2 aromatic carbocycles. The number of alkyl halides is 3. The first kappa shape index (κ1) is 24.3. The standard InChI is InChI=1S/C22H18BrF3N2O5S/c23-15-4-5-19-18(8-15)28(34(31,32)17-3-1-2-14(7-17)22(24,25)26)11-16(33-19)6-13-9-21(10-13,12-27)20(29)30/h1-5,7-8,13,16H,6,9-11H2,(H,29,30)/t13?,16-,21?/m0/s1. The van der Waals surface area contributed by atoms with Crippen LogP contribution in [0.2, 0.25) is 0 Å². The quantitative estimate of drug-likeness (QED) is 0.563. The van der Waals surface area contributed by atoms with Gasteiger partial charge in [-0.05, 0) is 61.6 Å². The highest BCUT2D eigenvalue weighted by Crippen LogP contribution is 2.49. The van der Waals surface area contributed by atoms with Gasteiger partial charge in [0.25, 0.3) is 10.0 Å². The number of fused-ring (bicyclic) bond motifs is 1. The number of ether oxygens (including phenoxy) is 1. The van der Waals surface area contributed by atoms with Gasteiger partial charge in [0, 0.05) is 4.47 Å². The number of hydrogen-bond acceptors (Lipinski definition) is 5. The zero-order chi connectivity index (χ0) is 24.9. The van der Waals surface area contributed by atoms with Crippen LogP contribution in [-0.4, -0.2) is 32.1 Å². The fourth-order valence-electron chi connectivity index (χ4n) is 4.37. The molecule has 180 valence electrons. The van der Waals surface area contributed by atoms with Crippen molar-refractivity contribution in [3.63, 3.8) is 0 Å². The van der Waals surface area contributed by atoms with E-state index >= 15 is 0 Å². The number of sulfonamides is 1. The Balaban J connectivity index is 1.65. The summed E-state index contributed by atoms with van der Waals surface area (Å²) in [7, 11) is -4.39. The van der Waals surface area contributed by atoms with Crippen molar-refractivity contribution in [2.75, 3.05) is 10.8 Å². The van der Waals surface area contributed by atoms with Crippen molar-refractivity contribution >= 4 is 37.6 Å². The van der Waals surface area contributed by atoms with Crippen LogP contribution in [0.5, 0.6) is 5.75 Å². The zero-order valence-corrected chi connectivity index (χ0v) is 19.8. The third-order valence-corrected chi connectivity index (χ3v) is 8.36. The van der Waals surface area contributed by atoms with Gasteiger partial charge in [0.05, 0.1) is 28.8 Å². The first-order valence-corrected chi connectivity index (χ1v) is 12.4.